The lowest BCUT2D eigenvalue weighted by molar-refractivity contribution is 1.24. The molecule has 1 nitrogen and oxygen atoms in total. The first-order chi connectivity index (χ1) is 8.41. The molecule has 2 N–H and O–H groups in total. The predicted molar refractivity (Wildman–Crippen MR) is 80.0 cm³/mol. The van der Waals surface area contributed by atoms with E-state index in [1.54, 1.807) is 0 Å². The summed E-state index contributed by atoms with van der Waals surface area (Å²) in [5.74, 6) is 0. The van der Waals surface area contributed by atoms with Gasteiger partial charge in [-0.2, -0.15) is 0 Å². The number of rotatable bonds is 1. The molecule has 2 aromatic rings. The van der Waals surface area contributed by atoms with Crippen molar-refractivity contribution in [2.75, 3.05) is 5.73 Å². The normalized spacial score (nSPS) is 10.7. The van der Waals surface area contributed by atoms with E-state index in [1.165, 1.54) is 33.4 Å². The minimum atomic E-state index is 0.866. The molecule has 0 amide bonds. The molecule has 0 bridgehead atoms. The molecule has 0 saturated carbocycles. The van der Waals surface area contributed by atoms with Crippen molar-refractivity contribution in [1.82, 2.24) is 0 Å². The molecule has 0 aliphatic carbocycles. The first-order valence-corrected chi connectivity index (χ1v) is 6.35. The Kier molecular flexibility index (Phi) is 3.16. The van der Waals surface area contributed by atoms with Crippen molar-refractivity contribution in [2.45, 2.75) is 34.6 Å². The van der Waals surface area contributed by atoms with Gasteiger partial charge in [0.1, 0.15) is 0 Å². The Morgan fingerprint density at radius 2 is 1.28 bits per heavy atom. The summed E-state index contributed by atoms with van der Waals surface area (Å²) >= 11 is 0. The summed E-state index contributed by atoms with van der Waals surface area (Å²) in [6.45, 7) is 10.8. The van der Waals surface area contributed by atoms with E-state index in [0.717, 1.165) is 11.3 Å². The Bertz CT molecular complexity index is 583. The quantitative estimate of drug-likeness (QED) is 0.730. The lowest BCUT2D eigenvalue weighted by Gasteiger charge is -2.16. The largest absolute Gasteiger partial charge is 0.398 e. The monoisotopic (exact) mass is 239 g/mol. The Balaban J connectivity index is 2.74. The number of benzene rings is 2. The summed E-state index contributed by atoms with van der Waals surface area (Å²) in [5, 5.41) is 0. The zero-order chi connectivity index (χ0) is 13.4. The topological polar surface area (TPSA) is 26.0 Å². The van der Waals surface area contributed by atoms with Gasteiger partial charge in [0.2, 0.25) is 0 Å². The minimum Gasteiger partial charge on any atom is -0.398 e. The molecule has 1 heteroatoms. The van der Waals surface area contributed by atoms with E-state index in [2.05, 4.69) is 52.0 Å². The van der Waals surface area contributed by atoms with Crippen LogP contribution >= 0.6 is 0 Å². The summed E-state index contributed by atoms with van der Waals surface area (Å²) in [4.78, 5) is 0. The van der Waals surface area contributed by atoms with Gasteiger partial charge in [0.05, 0.1) is 0 Å². The first kappa shape index (κ1) is 12.7. The van der Waals surface area contributed by atoms with Crippen LogP contribution in [0.3, 0.4) is 0 Å². The van der Waals surface area contributed by atoms with Crippen molar-refractivity contribution in [3.8, 4) is 11.1 Å². The van der Waals surface area contributed by atoms with Crippen molar-refractivity contribution in [2.24, 2.45) is 0 Å². The van der Waals surface area contributed by atoms with E-state index in [1.807, 2.05) is 6.92 Å². The van der Waals surface area contributed by atoms with Crippen molar-refractivity contribution in [3.63, 3.8) is 0 Å². The van der Waals surface area contributed by atoms with Crippen molar-refractivity contribution in [1.29, 1.82) is 0 Å². The molecular weight excluding hydrogens is 218 g/mol. The maximum absolute atomic E-state index is 6.03. The lowest BCUT2D eigenvalue weighted by Crippen LogP contribution is -1.97. The molecule has 0 aliphatic rings. The number of hydrogen-bond donors (Lipinski definition) is 1. The molecule has 0 atom stereocenters. The fraction of sp³-hybridized carbons (Fsp3) is 0.294. The second kappa shape index (κ2) is 4.49. The zero-order valence-corrected chi connectivity index (χ0v) is 11.9. The maximum Gasteiger partial charge on any atom is 0.0349 e. The van der Waals surface area contributed by atoms with Crippen LogP contribution in [0.1, 0.15) is 27.8 Å². The van der Waals surface area contributed by atoms with Crippen molar-refractivity contribution in [3.05, 3.63) is 52.1 Å². The number of hydrogen-bond acceptors (Lipinski definition) is 1. The fourth-order valence-electron chi connectivity index (χ4n) is 2.45. The highest BCUT2D eigenvalue weighted by Crippen LogP contribution is 2.33. The number of anilines is 1. The maximum atomic E-state index is 6.03. The van der Waals surface area contributed by atoms with E-state index in [0.29, 0.717) is 0 Å². The SMILES string of the molecule is Cc1ccc(-c2c(C)c(C)cc(C)c2C)cc1N. The predicted octanol–water partition coefficient (Wildman–Crippen LogP) is 4.48. The van der Waals surface area contributed by atoms with Crippen LogP contribution in [0.5, 0.6) is 0 Å². The van der Waals surface area contributed by atoms with Gasteiger partial charge in [-0.25, -0.2) is 0 Å². The molecule has 94 valence electrons. The van der Waals surface area contributed by atoms with Gasteiger partial charge in [-0.15, -0.1) is 0 Å². The van der Waals surface area contributed by atoms with E-state index in [-0.39, 0.29) is 0 Å². The third kappa shape index (κ3) is 2.01. The summed E-state index contributed by atoms with van der Waals surface area (Å²) in [5.41, 5.74) is 16.0. The molecule has 0 saturated heterocycles. The van der Waals surface area contributed by atoms with Gasteiger partial charge in [0.25, 0.3) is 0 Å². The number of nitrogen functional groups attached to an aromatic ring is 1. The molecule has 0 heterocycles. The molecule has 2 rings (SSSR count). The molecule has 18 heavy (non-hydrogen) atoms. The standard InChI is InChI=1S/C17H21N/c1-10-6-7-15(9-16(10)18)17-13(4)11(2)8-12(3)14(17)5/h6-9H,18H2,1-5H3. The molecule has 0 aliphatic heterocycles. The van der Waals surface area contributed by atoms with Crippen LogP contribution < -0.4 is 5.73 Å². The smallest absolute Gasteiger partial charge is 0.0349 e. The molecule has 0 aromatic heterocycles. The summed E-state index contributed by atoms with van der Waals surface area (Å²) in [7, 11) is 0. The van der Waals surface area contributed by atoms with Crippen molar-refractivity contribution >= 4 is 5.69 Å². The zero-order valence-electron chi connectivity index (χ0n) is 11.9. The average Bonchev–Trinajstić information content (AvgIpc) is 2.31. The third-order valence-corrected chi connectivity index (χ3v) is 3.93. The van der Waals surface area contributed by atoms with E-state index in [4.69, 9.17) is 5.73 Å². The third-order valence-electron chi connectivity index (χ3n) is 3.93. The number of aryl methyl sites for hydroxylation is 3. The Morgan fingerprint density at radius 3 is 1.78 bits per heavy atom. The molecular formula is C17H21N. The van der Waals surface area contributed by atoms with Gasteiger partial charge in [-0.05, 0) is 79.6 Å². The van der Waals surface area contributed by atoms with Crippen molar-refractivity contribution < 1.29 is 0 Å². The second-order valence-corrected chi connectivity index (χ2v) is 5.21. The van der Waals surface area contributed by atoms with E-state index < -0.39 is 0 Å². The van der Waals surface area contributed by atoms with Crippen LogP contribution in [-0.4, -0.2) is 0 Å². The van der Waals surface area contributed by atoms with Crippen LogP contribution in [0.15, 0.2) is 24.3 Å². The highest BCUT2D eigenvalue weighted by molar-refractivity contribution is 5.76. The van der Waals surface area contributed by atoms with Crippen LogP contribution in [0.25, 0.3) is 11.1 Å². The van der Waals surface area contributed by atoms with Gasteiger partial charge < -0.3 is 5.73 Å². The van der Waals surface area contributed by atoms with Crippen LogP contribution in [0, 0.1) is 34.6 Å². The highest BCUT2D eigenvalue weighted by Gasteiger charge is 2.11. The van der Waals surface area contributed by atoms with Gasteiger partial charge >= 0.3 is 0 Å². The second-order valence-electron chi connectivity index (χ2n) is 5.21. The molecule has 0 fully saturated rings. The number of nitrogens with two attached hydrogens (primary N) is 1. The van der Waals surface area contributed by atoms with E-state index in [9.17, 15) is 0 Å². The van der Waals surface area contributed by atoms with Crippen LogP contribution in [0.4, 0.5) is 5.69 Å². The molecule has 0 spiro atoms. The molecule has 2 aromatic carbocycles. The average molecular weight is 239 g/mol. The van der Waals surface area contributed by atoms with E-state index >= 15 is 0 Å². The minimum absolute atomic E-state index is 0.866. The first-order valence-electron chi connectivity index (χ1n) is 6.35. The summed E-state index contributed by atoms with van der Waals surface area (Å²) in [6.07, 6.45) is 0. The van der Waals surface area contributed by atoms with Gasteiger partial charge in [-0.1, -0.05) is 18.2 Å². The van der Waals surface area contributed by atoms with Crippen LogP contribution in [-0.2, 0) is 0 Å². The van der Waals surface area contributed by atoms with Crippen LogP contribution in [0.2, 0.25) is 0 Å². The highest BCUT2D eigenvalue weighted by atomic mass is 14.6. The van der Waals surface area contributed by atoms with Gasteiger partial charge in [0.15, 0.2) is 0 Å². The Hall–Kier alpha value is -1.76. The van der Waals surface area contributed by atoms with Gasteiger partial charge in [0, 0.05) is 5.69 Å². The molecule has 0 unspecified atom stereocenters. The van der Waals surface area contributed by atoms with Gasteiger partial charge in [-0.3, -0.25) is 0 Å². The summed E-state index contributed by atoms with van der Waals surface area (Å²) in [6, 6.07) is 8.61. The lowest BCUT2D eigenvalue weighted by atomic mass is 9.89. The molecule has 0 radical (unpaired) electrons. The fourth-order valence-corrected chi connectivity index (χ4v) is 2.45. The Morgan fingerprint density at radius 1 is 0.722 bits per heavy atom. The Labute approximate surface area is 110 Å². The summed E-state index contributed by atoms with van der Waals surface area (Å²) < 4.78 is 0.